The molecule has 0 aliphatic carbocycles. The maximum absolute atomic E-state index is 14.1. The molecule has 2 rings (SSSR count). The average molecular weight is 339 g/mol. The van der Waals surface area contributed by atoms with Gasteiger partial charge in [-0.3, -0.25) is 5.14 Å². The topological polar surface area (TPSA) is 70.1 Å². The third kappa shape index (κ3) is 3.79. The predicted octanol–water partition coefficient (Wildman–Crippen LogP) is 2.49. The monoisotopic (exact) mass is 339 g/mol. The van der Waals surface area contributed by atoms with E-state index in [1.165, 1.54) is 13.2 Å². The average Bonchev–Trinajstić information content (AvgIpc) is 2.90. The standard InChI is InChI=1S/C16H22FN3O2S/c1-16(2,23(18)21)8-12(14-9-19-10-20(14)3)11-5-6-15(22-4)13(17)7-11/h5-7,9-10,12H,8,18H2,1-4H3/t12-,23?/m0/s1. The van der Waals surface area contributed by atoms with Crippen LogP contribution in [-0.4, -0.2) is 25.6 Å². The van der Waals surface area contributed by atoms with E-state index in [2.05, 4.69) is 4.98 Å². The summed E-state index contributed by atoms with van der Waals surface area (Å²) in [7, 11) is 1.81. The van der Waals surface area contributed by atoms with Gasteiger partial charge in [-0.25, -0.2) is 13.6 Å². The van der Waals surface area contributed by atoms with Gasteiger partial charge < -0.3 is 9.30 Å². The Morgan fingerprint density at radius 3 is 2.65 bits per heavy atom. The Morgan fingerprint density at radius 2 is 2.17 bits per heavy atom. The number of rotatable bonds is 6. The number of methoxy groups -OCH3 is 1. The molecule has 1 heterocycles. The van der Waals surface area contributed by atoms with Crippen LogP contribution >= 0.6 is 0 Å². The lowest BCUT2D eigenvalue weighted by Crippen LogP contribution is -2.34. The number of nitrogens with zero attached hydrogens (tertiary/aromatic N) is 2. The Labute approximate surface area is 138 Å². The summed E-state index contributed by atoms with van der Waals surface area (Å²) in [6.07, 6.45) is 3.93. The van der Waals surface area contributed by atoms with Crippen LogP contribution in [0.4, 0.5) is 4.39 Å². The molecule has 7 heteroatoms. The van der Waals surface area contributed by atoms with Crippen LogP contribution in [0, 0.1) is 5.82 Å². The number of imidazole rings is 1. The first-order valence-corrected chi connectivity index (χ1v) is 8.43. The lowest BCUT2D eigenvalue weighted by molar-refractivity contribution is 0.385. The van der Waals surface area contributed by atoms with Gasteiger partial charge in [0, 0.05) is 24.9 Å². The highest BCUT2D eigenvalue weighted by Crippen LogP contribution is 2.35. The highest BCUT2D eigenvalue weighted by Gasteiger charge is 2.31. The Bertz CT molecular complexity index is 715. The van der Waals surface area contributed by atoms with Gasteiger partial charge in [0.2, 0.25) is 0 Å². The maximum Gasteiger partial charge on any atom is 0.165 e. The van der Waals surface area contributed by atoms with Crippen molar-refractivity contribution in [3.63, 3.8) is 0 Å². The maximum atomic E-state index is 14.1. The second-order valence-corrected chi connectivity index (χ2v) is 7.84. The van der Waals surface area contributed by atoms with Crippen molar-refractivity contribution in [3.05, 3.63) is 47.8 Å². The number of hydrogen-bond acceptors (Lipinski definition) is 3. The van der Waals surface area contributed by atoms with Crippen molar-refractivity contribution in [2.45, 2.75) is 30.9 Å². The van der Waals surface area contributed by atoms with Crippen molar-refractivity contribution >= 4 is 11.0 Å². The van der Waals surface area contributed by atoms with Crippen molar-refractivity contribution in [3.8, 4) is 5.75 Å². The first-order valence-electron chi connectivity index (χ1n) is 7.22. The summed E-state index contributed by atoms with van der Waals surface area (Å²) in [5.74, 6) is -0.409. The summed E-state index contributed by atoms with van der Waals surface area (Å²) in [5.41, 5.74) is 1.68. The van der Waals surface area contributed by atoms with Crippen LogP contribution in [0.5, 0.6) is 5.75 Å². The molecule has 1 aromatic heterocycles. The molecule has 0 aliphatic heterocycles. The Hall–Kier alpha value is -1.73. The molecular formula is C16H22FN3O2S. The van der Waals surface area contributed by atoms with E-state index in [1.807, 2.05) is 31.5 Å². The van der Waals surface area contributed by atoms with Crippen molar-refractivity contribution in [1.29, 1.82) is 0 Å². The zero-order valence-corrected chi connectivity index (χ0v) is 14.6. The SMILES string of the molecule is COc1ccc([C@H](CC(C)(C)S(N)=O)c2cncn2C)cc1F. The summed E-state index contributed by atoms with van der Waals surface area (Å²) in [5, 5.41) is 5.62. The van der Waals surface area contributed by atoms with E-state index in [0.29, 0.717) is 6.42 Å². The van der Waals surface area contributed by atoms with E-state index in [4.69, 9.17) is 9.88 Å². The van der Waals surface area contributed by atoms with Crippen LogP contribution in [-0.2, 0) is 18.0 Å². The normalized spacial score (nSPS) is 14.5. The van der Waals surface area contributed by atoms with Gasteiger partial charge in [0.15, 0.2) is 11.6 Å². The van der Waals surface area contributed by atoms with E-state index in [0.717, 1.165) is 11.3 Å². The third-order valence-electron chi connectivity index (χ3n) is 4.03. The number of ether oxygens (including phenoxy) is 1. The minimum Gasteiger partial charge on any atom is -0.494 e. The minimum absolute atomic E-state index is 0.176. The fraction of sp³-hybridized carbons (Fsp3) is 0.438. The molecule has 0 bridgehead atoms. The van der Waals surface area contributed by atoms with Gasteiger partial charge in [0.05, 0.1) is 29.2 Å². The Morgan fingerprint density at radius 1 is 1.48 bits per heavy atom. The summed E-state index contributed by atoms with van der Waals surface area (Å²) in [4.78, 5) is 4.14. The summed E-state index contributed by atoms with van der Waals surface area (Å²) < 4.78 is 32.2. The largest absolute Gasteiger partial charge is 0.494 e. The van der Waals surface area contributed by atoms with E-state index in [9.17, 15) is 8.60 Å². The zero-order chi connectivity index (χ0) is 17.2. The molecular weight excluding hydrogens is 317 g/mol. The zero-order valence-electron chi connectivity index (χ0n) is 13.7. The van der Waals surface area contributed by atoms with Gasteiger partial charge in [-0.15, -0.1) is 0 Å². The number of hydrogen-bond donors (Lipinski definition) is 1. The number of aromatic nitrogens is 2. The fourth-order valence-corrected chi connectivity index (χ4v) is 2.90. The van der Waals surface area contributed by atoms with Gasteiger partial charge in [-0.2, -0.15) is 0 Å². The highest BCUT2D eigenvalue weighted by atomic mass is 32.2. The first-order chi connectivity index (χ1) is 10.8. The molecule has 2 N–H and O–H groups in total. The van der Waals surface area contributed by atoms with Crippen molar-refractivity contribution < 1.29 is 13.3 Å². The molecule has 0 fully saturated rings. The lowest BCUT2D eigenvalue weighted by atomic mass is 9.87. The summed E-state index contributed by atoms with van der Waals surface area (Å²) >= 11 is 0. The highest BCUT2D eigenvalue weighted by molar-refractivity contribution is 7.84. The van der Waals surface area contributed by atoms with Gasteiger partial charge in [-0.1, -0.05) is 6.07 Å². The number of aryl methyl sites for hydroxylation is 1. The Balaban J connectivity index is 2.48. The Kier molecular flexibility index (Phi) is 5.21. The molecule has 0 saturated heterocycles. The summed E-state index contributed by atoms with van der Waals surface area (Å²) in [6, 6.07) is 4.86. The molecule has 0 radical (unpaired) electrons. The molecule has 23 heavy (non-hydrogen) atoms. The molecule has 0 spiro atoms. The van der Waals surface area contributed by atoms with E-state index in [1.54, 1.807) is 18.6 Å². The molecule has 2 aromatic rings. The van der Waals surface area contributed by atoms with Crippen molar-refractivity contribution in [2.24, 2.45) is 12.2 Å². The van der Waals surface area contributed by atoms with E-state index < -0.39 is 21.5 Å². The van der Waals surface area contributed by atoms with Crippen LogP contribution in [0.25, 0.3) is 0 Å². The molecule has 126 valence electrons. The van der Waals surface area contributed by atoms with Crippen LogP contribution < -0.4 is 9.88 Å². The number of nitrogens with two attached hydrogens (primary N) is 1. The lowest BCUT2D eigenvalue weighted by Gasteiger charge is -2.28. The molecule has 5 nitrogen and oxygen atoms in total. The molecule has 1 aromatic carbocycles. The quantitative estimate of drug-likeness (QED) is 0.879. The van der Waals surface area contributed by atoms with Crippen molar-refractivity contribution in [2.75, 3.05) is 7.11 Å². The van der Waals surface area contributed by atoms with Crippen LogP contribution in [0.3, 0.4) is 0 Å². The smallest absolute Gasteiger partial charge is 0.165 e. The molecule has 0 aliphatic rings. The molecule has 2 atom stereocenters. The van der Waals surface area contributed by atoms with E-state index in [-0.39, 0.29) is 11.7 Å². The first kappa shape index (κ1) is 17.6. The number of halogens is 1. The van der Waals surface area contributed by atoms with Crippen molar-refractivity contribution in [1.82, 2.24) is 9.55 Å². The van der Waals surface area contributed by atoms with Gasteiger partial charge >= 0.3 is 0 Å². The summed E-state index contributed by atoms with van der Waals surface area (Å²) in [6.45, 7) is 3.68. The third-order valence-corrected chi connectivity index (χ3v) is 5.29. The van der Waals surface area contributed by atoms with Gasteiger partial charge in [0.25, 0.3) is 0 Å². The molecule has 0 saturated carbocycles. The predicted molar refractivity (Wildman–Crippen MR) is 89.0 cm³/mol. The van der Waals surface area contributed by atoms with Crippen LogP contribution in [0.2, 0.25) is 0 Å². The molecule has 0 amide bonds. The second-order valence-electron chi connectivity index (χ2n) is 6.14. The number of benzene rings is 1. The second kappa shape index (κ2) is 6.80. The molecule has 1 unspecified atom stereocenters. The van der Waals surface area contributed by atoms with Crippen LogP contribution in [0.15, 0.2) is 30.7 Å². The fourth-order valence-electron chi connectivity index (χ4n) is 2.57. The van der Waals surface area contributed by atoms with Gasteiger partial charge in [-0.05, 0) is 38.0 Å². The van der Waals surface area contributed by atoms with Gasteiger partial charge in [0.1, 0.15) is 0 Å². The van der Waals surface area contributed by atoms with Crippen LogP contribution in [0.1, 0.15) is 37.4 Å². The minimum atomic E-state index is -1.50. The van der Waals surface area contributed by atoms with E-state index >= 15 is 0 Å².